The number of amides is 1. The Labute approximate surface area is 160 Å². The average Bonchev–Trinajstić information content (AvgIpc) is 3.08. The van der Waals surface area contributed by atoms with Gasteiger partial charge in [-0.15, -0.1) is 0 Å². The molecule has 146 valence electrons. The highest BCUT2D eigenvalue weighted by Gasteiger charge is 2.19. The van der Waals surface area contributed by atoms with Gasteiger partial charge >= 0.3 is 0 Å². The Morgan fingerprint density at radius 1 is 1.11 bits per heavy atom. The molecule has 2 aromatic carbocycles. The van der Waals surface area contributed by atoms with E-state index in [1.807, 2.05) is 24.3 Å². The van der Waals surface area contributed by atoms with Crippen molar-refractivity contribution in [3.05, 3.63) is 59.8 Å². The lowest BCUT2D eigenvalue weighted by molar-refractivity contribution is 0.0361. The van der Waals surface area contributed by atoms with Crippen molar-refractivity contribution < 1.29 is 18.3 Å². The van der Waals surface area contributed by atoms with Crippen molar-refractivity contribution in [2.75, 3.05) is 38.2 Å². The second-order valence-electron chi connectivity index (χ2n) is 6.62. The van der Waals surface area contributed by atoms with E-state index in [-0.39, 0.29) is 11.4 Å². The van der Waals surface area contributed by atoms with Gasteiger partial charge in [-0.2, -0.15) is 5.10 Å². The topological polar surface area (TPSA) is 59.4 Å². The second-order valence-corrected chi connectivity index (χ2v) is 6.62. The highest BCUT2D eigenvalue weighted by molar-refractivity contribution is 6.11. The third kappa shape index (κ3) is 3.88. The van der Waals surface area contributed by atoms with E-state index in [9.17, 15) is 13.6 Å². The Bertz CT molecular complexity index is 999. The summed E-state index contributed by atoms with van der Waals surface area (Å²) in [6.07, 6.45) is 0. The van der Waals surface area contributed by atoms with Gasteiger partial charge in [-0.05, 0) is 18.2 Å². The van der Waals surface area contributed by atoms with Gasteiger partial charge < -0.3 is 10.1 Å². The smallest absolute Gasteiger partial charge is 0.276 e. The maximum Gasteiger partial charge on any atom is 0.276 e. The maximum atomic E-state index is 13.9. The van der Waals surface area contributed by atoms with Crippen LogP contribution in [-0.2, 0) is 11.3 Å². The number of carbonyl (C=O) groups excluding carboxylic acids is 1. The maximum absolute atomic E-state index is 13.9. The quantitative estimate of drug-likeness (QED) is 0.733. The molecule has 6 nitrogen and oxygen atoms in total. The van der Waals surface area contributed by atoms with Crippen LogP contribution in [0.4, 0.5) is 14.5 Å². The number of carbonyl (C=O) groups is 1. The summed E-state index contributed by atoms with van der Waals surface area (Å²) in [5, 5.41) is 7.63. The van der Waals surface area contributed by atoms with Crippen molar-refractivity contribution in [1.29, 1.82) is 0 Å². The molecule has 1 amide bonds. The van der Waals surface area contributed by atoms with E-state index in [2.05, 4.69) is 15.3 Å². The van der Waals surface area contributed by atoms with E-state index >= 15 is 0 Å². The lowest BCUT2D eigenvalue weighted by Crippen LogP contribution is -2.38. The van der Waals surface area contributed by atoms with Crippen LogP contribution in [0.3, 0.4) is 0 Å². The number of hydrogen-bond acceptors (Lipinski definition) is 4. The van der Waals surface area contributed by atoms with E-state index in [4.69, 9.17) is 4.74 Å². The van der Waals surface area contributed by atoms with Crippen LogP contribution in [-0.4, -0.2) is 53.4 Å². The number of fused-ring (bicyclic) bond motifs is 1. The second kappa shape index (κ2) is 8.04. The predicted octanol–water partition coefficient (Wildman–Crippen LogP) is 2.90. The lowest BCUT2D eigenvalue weighted by Gasteiger charge is -2.26. The first-order chi connectivity index (χ1) is 13.6. The Hall–Kier alpha value is -2.84. The monoisotopic (exact) mass is 386 g/mol. The Morgan fingerprint density at radius 3 is 2.68 bits per heavy atom. The zero-order valence-corrected chi connectivity index (χ0v) is 15.2. The number of para-hydroxylation sites is 1. The summed E-state index contributed by atoms with van der Waals surface area (Å²) < 4.78 is 34.1. The molecule has 0 aliphatic carbocycles. The molecular formula is C20H20F2N4O2. The fourth-order valence-electron chi connectivity index (χ4n) is 3.30. The van der Waals surface area contributed by atoms with Crippen molar-refractivity contribution >= 4 is 22.5 Å². The summed E-state index contributed by atoms with van der Waals surface area (Å²) in [6.45, 7) is 4.60. The Kier molecular flexibility index (Phi) is 5.31. The van der Waals surface area contributed by atoms with Gasteiger partial charge in [-0.3, -0.25) is 14.4 Å². The van der Waals surface area contributed by atoms with Gasteiger partial charge in [0.05, 0.1) is 31.0 Å². The zero-order chi connectivity index (χ0) is 19.5. The first kappa shape index (κ1) is 18.5. The highest BCUT2D eigenvalue weighted by Crippen LogP contribution is 2.21. The molecule has 0 bridgehead atoms. The molecule has 0 spiro atoms. The van der Waals surface area contributed by atoms with Crippen LogP contribution in [0.5, 0.6) is 0 Å². The van der Waals surface area contributed by atoms with Crippen LogP contribution in [0.15, 0.2) is 42.5 Å². The van der Waals surface area contributed by atoms with Gasteiger partial charge in [-0.1, -0.05) is 18.2 Å². The van der Waals surface area contributed by atoms with Gasteiger partial charge in [0.15, 0.2) is 5.69 Å². The lowest BCUT2D eigenvalue weighted by atomic mass is 10.2. The molecular weight excluding hydrogens is 366 g/mol. The fraction of sp³-hybridized carbons (Fsp3) is 0.300. The van der Waals surface area contributed by atoms with Crippen LogP contribution in [0.2, 0.25) is 0 Å². The van der Waals surface area contributed by atoms with Crippen molar-refractivity contribution in [2.45, 2.75) is 6.54 Å². The number of nitrogens with one attached hydrogen (secondary N) is 1. The van der Waals surface area contributed by atoms with Gasteiger partial charge in [0.2, 0.25) is 0 Å². The van der Waals surface area contributed by atoms with Crippen molar-refractivity contribution in [2.24, 2.45) is 0 Å². The standard InChI is InChI=1S/C20H20F2N4O2/c21-14-5-6-17(16(22)13-14)23-20(27)19-15-3-1-2-4-18(15)26(24-19)8-7-25-9-11-28-12-10-25/h1-6,13H,7-12H2,(H,23,27). The molecule has 1 aromatic heterocycles. The molecule has 4 rings (SSSR count). The third-order valence-corrected chi connectivity index (χ3v) is 4.78. The number of benzene rings is 2. The van der Waals surface area contributed by atoms with Gasteiger partial charge in [0.25, 0.3) is 5.91 Å². The molecule has 0 atom stereocenters. The minimum Gasteiger partial charge on any atom is -0.379 e. The Morgan fingerprint density at radius 2 is 1.89 bits per heavy atom. The third-order valence-electron chi connectivity index (χ3n) is 4.78. The summed E-state index contributed by atoms with van der Waals surface area (Å²) in [6, 6.07) is 10.4. The minimum absolute atomic E-state index is 0.0849. The molecule has 0 unspecified atom stereocenters. The van der Waals surface area contributed by atoms with Crippen molar-refractivity contribution in [3.63, 3.8) is 0 Å². The van der Waals surface area contributed by atoms with Crippen LogP contribution in [0, 0.1) is 11.6 Å². The molecule has 1 saturated heterocycles. The number of rotatable bonds is 5. The summed E-state index contributed by atoms with van der Waals surface area (Å²) in [7, 11) is 0. The molecule has 3 aromatic rings. The van der Waals surface area contributed by atoms with E-state index < -0.39 is 17.5 Å². The number of nitrogens with zero attached hydrogens (tertiary/aromatic N) is 3. The molecule has 8 heteroatoms. The summed E-state index contributed by atoms with van der Waals surface area (Å²) in [4.78, 5) is 15.0. The van der Waals surface area contributed by atoms with E-state index in [0.29, 0.717) is 11.9 Å². The van der Waals surface area contributed by atoms with Gasteiger partial charge in [0.1, 0.15) is 11.6 Å². The van der Waals surface area contributed by atoms with Gasteiger partial charge in [0, 0.05) is 31.1 Å². The number of aromatic nitrogens is 2. The number of ether oxygens (including phenoxy) is 1. The normalized spacial score (nSPS) is 15.1. The molecule has 0 saturated carbocycles. The minimum atomic E-state index is -0.829. The SMILES string of the molecule is O=C(Nc1ccc(F)cc1F)c1nn(CCN2CCOCC2)c2ccccc12. The largest absolute Gasteiger partial charge is 0.379 e. The molecule has 1 fully saturated rings. The van der Waals surface area contributed by atoms with Gasteiger partial charge in [-0.25, -0.2) is 8.78 Å². The summed E-state index contributed by atoms with van der Waals surface area (Å²) in [5.74, 6) is -2.07. The van der Waals surface area contributed by atoms with Crippen molar-refractivity contribution in [3.8, 4) is 0 Å². The average molecular weight is 386 g/mol. The van der Waals surface area contributed by atoms with E-state index in [1.54, 1.807) is 4.68 Å². The highest BCUT2D eigenvalue weighted by atomic mass is 19.1. The van der Waals surface area contributed by atoms with Crippen LogP contribution < -0.4 is 5.32 Å². The molecule has 28 heavy (non-hydrogen) atoms. The number of anilines is 1. The predicted molar refractivity (Wildman–Crippen MR) is 101 cm³/mol. The van der Waals surface area contributed by atoms with E-state index in [1.165, 1.54) is 6.07 Å². The first-order valence-corrected chi connectivity index (χ1v) is 9.14. The molecule has 1 N–H and O–H groups in total. The summed E-state index contributed by atoms with van der Waals surface area (Å²) in [5.41, 5.74) is 0.958. The van der Waals surface area contributed by atoms with Crippen LogP contribution in [0.1, 0.15) is 10.5 Å². The molecule has 1 aliphatic rings. The van der Waals surface area contributed by atoms with Crippen LogP contribution >= 0.6 is 0 Å². The van der Waals surface area contributed by atoms with Crippen LogP contribution in [0.25, 0.3) is 10.9 Å². The molecule has 1 aliphatic heterocycles. The zero-order valence-electron chi connectivity index (χ0n) is 15.2. The number of morpholine rings is 1. The first-order valence-electron chi connectivity index (χ1n) is 9.14. The summed E-state index contributed by atoms with van der Waals surface area (Å²) >= 11 is 0. The Balaban J connectivity index is 1.57. The molecule has 2 heterocycles. The van der Waals surface area contributed by atoms with E-state index in [0.717, 1.165) is 50.5 Å². The van der Waals surface area contributed by atoms with Crippen molar-refractivity contribution in [1.82, 2.24) is 14.7 Å². The molecule has 0 radical (unpaired) electrons. The fourth-order valence-corrected chi connectivity index (χ4v) is 3.30. The number of hydrogen-bond donors (Lipinski definition) is 1. The number of halogens is 2.